The monoisotopic (exact) mass is 327 g/mol. The molecule has 1 heterocycles. The summed E-state index contributed by atoms with van der Waals surface area (Å²) >= 11 is 3.84. The number of aliphatic carboxylic acids is 1. The molecule has 21 heavy (non-hydrogen) atoms. The lowest BCUT2D eigenvalue weighted by molar-refractivity contribution is -0.143. The maximum absolute atomic E-state index is 11.6. The number of carboxylic acid groups (broad SMARTS) is 1. The van der Waals surface area contributed by atoms with Crippen LogP contribution in [0.25, 0.3) is 0 Å². The van der Waals surface area contributed by atoms with E-state index in [-0.39, 0.29) is 12.5 Å². The van der Waals surface area contributed by atoms with Crippen LogP contribution in [0.2, 0.25) is 0 Å². The average molecular weight is 327 g/mol. The fraction of sp³-hybridized carbons (Fsp3) is 0.429. The predicted molar refractivity (Wildman–Crippen MR) is 85.8 cm³/mol. The van der Waals surface area contributed by atoms with Gasteiger partial charge in [0.1, 0.15) is 13.2 Å². The number of anilines is 1. The molecule has 1 fully saturated rings. The quantitative estimate of drug-likeness (QED) is 0.836. The van der Waals surface area contributed by atoms with Crippen LogP contribution < -0.4 is 5.32 Å². The van der Waals surface area contributed by atoms with E-state index in [1.807, 2.05) is 41.7 Å². The summed E-state index contributed by atoms with van der Waals surface area (Å²) in [6, 6.07) is 7.76. The fourth-order valence-electron chi connectivity index (χ4n) is 1.87. The van der Waals surface area contributed by atoms with Crippen LogP contribution in [0.5, 0.6) is 0 Å². The Labute approximate surface area is 131 Å². The number of amides is 1. The van der Waals surface area contributed by atoms with E-state index in [0.717, 1.165) is 11.5 Å². The molecule has 2 N–H and O–H groups in total. The van der Waals surface area contributed by atoms with Crippen molar-refractivity contribution in [2.24, 2.45) is 0 Å². The molecule has 0 radical (unpaired) electrons. The number of carbonyl (C=O) groups excluding carboxylic acids is 1. The Balaban J connectivity index is 1.88. The van der Waals surface area contributed by atoms with Gasteiger partial charge in [-0.1, -0.05) is 12.1 Å². The van der Waals surface area contributed by atoms with Crippen LogP contribution in [0.1, 0.15) is 16.6 Å². The summed E-state index contributed by atoms with van der Waals surface area (Å²) in [7, 11) is 0. The molecule has 1 amide bonds. The number of carbonyl (C=O) groups is 2. The molecule has 0 unspecified atom stereocenters. The van der Waals surface area contributed by atoms with Crippen molar-refractivity contribution >= 4 is 41.1 Å². The van der Waals surface area contributed by atoms with Crippen molar-refractivity contribution in [3.63, 3.8) is 0 Å². The van der Waals surface area contributed by atoms with Gasteiger partial charge >= 0.3 is 5.97 Å². The standard InChI is InChI=1S/C14H17NO4S2/c16-12(8-19-9-13(17)18)15-11-4-1-3-10(7-11)14-20-5-2-6-21-14/h1,3-4,7,14H,2,5-6,8-9H2,(H,15,16)(H,17,18). The van der Waals surface area contributed by atoms with Crippen LogP contribution >= 0.6 is 23.5 Å². The Bertz CT molecular complexity index is 504. The molecule has 1 aromatic rings. The molecule has 0 aliphatic carbocycles. The largest absolute Gasteiger partial charge is 0.480 e. The smallest absolute Gasteiger partial charge is 0.329 e. The Morgan fingerprint density at radius 1 is 1.29 bits per heavy atom. The first-order chi connectivity index (χ1) is 10.1. The summed E-state index contributed by atoms with van der Waals surface area (Å²) in [4.78, 5) is 21.9. The van der Waals surface area contributed by atoms with E-state index in [1.54, 1.807) is 0 Å². The Hall–Kier alpha value is -1.18. The van der Waals surface area contributed by atoms with Gasteiger partial charge in [-0.2, -0.15) is 0 Å². The summed E-state index contributed by atoms with van der Waals surface area (Å²) < 4.78 is 5.17. The van der Waals surface area contributed by atoms with Gasteiger partial charge in [0.15, 0.2) is 0 Å². The van der Waals surface area contributed by atoms with Gasteiger partial charge in [-0.3, -0.25) is 4.79 Å². The van der Waals surface area contributed by atoms with E-state index in [9.17, 15) is 9.59 Å². The topological polar surface area (TPSA) is 75.6 Å². The van der Waals surface area contributed by atoms with Crippen molar-refractivity contribution in [3.05, 3.63) is 29.8 Å². The van der Waals surface area contributed by atoms with E-state index in [0.29, 0.717) is 10.3 Å². The van der Waals surface area contributed by atoms with Gasteiger partial charge in [0, 0.05) is 5.69 Å². The van der Waals surface area contributed by atoms with Crippen LogP contribution in [0, 0.1) is 0 Å². The SMILES string of the molecule is O=C(O)COCC(=O)Nc1cccc(C2SCCCS2)c1. The molecule has 1 saturated heterocycles. The first kappa shape index (κ1) is 16.2. The predicted octanol–water partition coefficient (Wildman–Crippen LogP) is 2.59. The van der Waals surface area contributed by atoms with Gasteiger partial charge in [0.05, 0.1) is 4.58 Å². The van der Waals surface area contributed by atoms with Crippen molar-refractivity contribution in [1.29, 1.82) is 0 Å². The number of rotatable bonds is 6. The highest BCUT2D eigenvalue weighted by molar-refractivity contribution is 8.16. The minimum absolute atomic E-state index is 0.260. The van der Waals surface area contributed by atoms with Crippen molar-refractivity contribution in [2.75, 3.05) is 30.0 Å². The Kier molecular flexibility index (Phi) is 6.41. The lowest BCUT2D eigenvalue weighted by atomic mass is 10.2. The third kappa shape index (κ3) is 5.61. The van der Waals surface area contributed by atoms with Crippen molar-refractivity contribution in [1.82, 2.24) is 0 Å². The summed E-state index contributed by atoms with van der Waals surface area (Å²) in [5.74, 6) is 0.891. The zero-order chi connectivity index (χ0) is 15.1. The zero-order valence-corrected chi connectivity index (χ0v) is 13.0. The number of nitrogens with one attached hydrogen (secondary N) is 1. The molecular weight excluding hydrogens is 310 g/mol. The molecule has 0 bridgehead atoms. The average Bonchev–Trinajstić information content (AvgIpc) is 2.48. The maximum Gasteiger partial charge on any atom is 0.329 e. The summed E-state index contributed by atoms with van der Waals surface area (Å²) in [5.41, 5.74) is 1.90. The molecule has 114 valence electrons. The molecule has 7 heteroatoms. The van der Waals surface area contributed by atoms with Gasteiger partial charge in [-0.15, -0.1) is 23.5 Å². The second kappa shape index (κ2) is 8.31. The molecule has 5 nitrogen and oxygen atoms in total. The number of benzene rings is 1. The maximum atomic E-state index is 11.6. The van der Waals surface area contributed by atoms with E-state index >= 15 is 0 Å². The molecule has 2 rings (SSSR count). The molecule has 1 aliphatic rings. The molecule has 1 aliphatic heterocycles. The third-order valence-electron chi connectivity index (χ3n) is 2.73. The van der Waals surface area contributed by atoms with Gasteiger partial charge < -0.3 is 15.2 Å². The highest BCUT2D eigenvalue weighted by atomic mass is 32.2. The minimum Gasteiger partial charge on any atom is -0.480 e. The number of thioether (sulfide) groups is 2. The van der Waals surface area contributed by atoms with Crippen molar-refractivity contribution in [3.8, 4) is 0 Å². The first-order valence-electron chi connectivity index (χ1n) is 6.58. The van der Waals surface area contributed by atoms with Crippen molar-refractivity contribution in [2.45, 2.75) is 11.0 Å². The van der Waals surface area contributed by atoms with Gasteiger partial charge in [-0.05, 0) is 35.6 Å². The molecule has 0 spiro atoms. The first-order valence-corrected chi connectivity index (χ1v) is 8.67. The van der Waals surface area contributed by atoms with Crippen LogP contribution in [-0.4, -0.2) is 41.7 Å². The zero-order valence-electron chi connectivity index (χ0n) is 11.4. The van der Waals surface area contributed by atoms with Crippen LogP contribution in [0.3, 0.4) is 0 Å². The second-order valence-electron chi connectivity index (χ2n) is 4.49. The van der Waals surface area contributed by atoms with Crippen LogP contribution in [0.15, 0.2) is 24.3 Å². The second-order valence-corrected chi connectivity index (χ2v) is 7.21. The summed E-state index contributed by atoms with van der Waals surface area (Å²) in [5, 5.41) is 11.2. The molecule has 0 aromatic heterocycles. The van der Waals surface area contributed by atoms with E-state index < -0.39 is 12.6 Å². The highest BCUT2D eigenvalue weighted by Crippen LogP contribution is 2.43. The number of ether oxygens (including phenoxy) is 1. The Morgan fingerprint density at radius 3 is 2.76 bits per heavy atom. The number of carboxylic acids is 1. The minimum atomic E-state index is -1.09. The van der Waals surface area contributed by atoms with E-state index in [2.05, 4.69) is 11.4 Å². The molecule has 0 atom stereocenters. The van der Waals surface area contributed by atoms with Gasteiger partial charge in [0.2, 0.25) is 5.91 Å². The summed E-state index contributed by atoms with van der Waals surface area (Å²) in [6.45, 7) is -0.730. The molecular formula is C14H17NO4S2. The van der Waals surface area contributed by atoms with Crippen LogP contribution in [0.4, 0.5) is 5.69 Å². The lowest BCUT2D eigenvalue weighted by Crippen LogP contribution is -2.20. The third-order valence-corrected chi connectivity index (χ3v) is 5.74. The number of hydrogen-bond donors (Lipinski definition) is 2. The van der Waals surface area contributed by atoms with Crippen LogP contribution in [-0.2, 0) is 14.3 Å². The van der Waals surface area contributed by atoms with E-state index in [4.69, 9.17) is 9.84 Å². The Morgan fingerprint density at radius 2 is 2.05 bits per heavy atom. The summed E-state index contributed by atoms with van der Waals surface area (Å²) in [6.07, 6.45) is 1.24. The molecule has 1 aromatic carbocycles. The highest BCUT2D eigenvalue weighted by Gasteiger charge is 2.17. The van der Waals surface area contributed by atoms with E-state index in [1.165, 1.54) is 12.0 Å². The molecule has 0 saturated carbocycles. The van der Waals surface area contributed by atoms with Gasteiger partial charge in [-0.25, -0.2) is 4.79 Å². The normalized spacial score (nSPS) is 15.6. The van der Waals surface area contributed by atoms with Gasteiger partial charge in [0.25, 0.3) is 0 Å². The van der Waals surface area contributed by atoms with Crippen molar-refractivity contribution < 1.29 is 19.4 Å². The lowest BCUT2D eigenvalue weighted by Gasteiger charge is -2.21. The fourth-order valence-corrected chi connectivity index (χ4v) is 4.74. The number of hydrogen-bond acceptors (Lipinski definition) is 5.